The minimum atomic E-state index is -0.0274. The van der Waals surface area contributed by atoms with E-state index in [1.165, 1.54) is 9.13 Å². The van der Waals surface area contributed by atoms with Gasteiger partial charge in [-0.05, 0) is 77.7 Å². The van der Waals surface area contributed by atoms with Crippen LogP contribution in [0.15, 0.2) is 60.7 Å². The monoisotopic (exact) mass is 512 g/mol. The first-order valence-corrected chi connectivity index (χ1v) is 11.3. The summed E-state index contributed by atoms with van der Waals surface area (Å²) in [6.45, 7) is 4.22. The molecule has 1 unspecified atom stereocenters. The number of carbonyl (C=O) groups is 1. The second-order valence-corrected chi connectivity index (χ2v) is 8.97. The predicted octanol–water partition coefficient (Wildman–Crippen LogP) is 4.59. The molecule has 4 rings (SSSR count). The van der Waals surface area contributed by atoms with Crippen LogP contribution in [0.3, 0.4) is 0 Å². The van der Waals surface area contributed by atoms with Crippen LogP contribution in [0.25, 0.3) is 11.3 Å². The topological polar surface area (TPSA) is 58.1 Å². The maximum atomic E-state index is 12.7. The highest BCUT2D eigenvalue weighted by atomic mass is 127. The first-order chi connectivity index (χ1) is 14.6. The Morgan fingerprint density at radius 3 is 2.63 bits per heavy atom. The van der Waals surface area contributed by atoms with Gasteiger partial charge in [0.15, 0.2) is 5.82 Å². The SMILES string of the molecule is Cc1ccccc1-c1ccc(N2CCCC(C(=O)NCc3ccc(I)cc3)C2)nn1. The Hall–Kier alpha value is -2.48. The molecule has 1 N–H and O–H groups in total. The van der Waals surface area contributed by atoms with Crippen LogP contribution in [-0.4, -0.2) is 29.2 Å². The lowest BCUT2D eigenvalue weighted by Crippen LogP contribution is -2.43. The molecule has 2 heterocycles. The fourth-order valence-corrected chi connectivity index (χ4v) is 4.19. The third kappa shape index (κ3) is 4.98. The lowest BCUT2D eigenvalue weighted by molar-refractivity contribution is -0.125. The van der Waals surface area contributed by atoms with E-state index in [-0.39, 0.29) is 11.8 Å². The molecule has 154 valence electrons. The molecule has 1 saturated heterocycles. The van der Waals surface area contributed by atoms with E-state index in [1.54, 1.807) is 0 Å². The number of benzene rings is 2. The molecule has 0 bridgehead atoms. The van der Waals surface area contributed by atoms with Gasteiger partial charge in [0.05, 0.1) is 11.6 Å². The molecule has 5 nitrogen and oxygen atoms in total. The molecule has 0 saturated carbocycles. The van der Waals surface area contributed by atoms with Gasteiger partial charge in [-0.25, -0.2) is 0 Å². The molecule has 0 radical (unpaired) electrons. The molecular formula is C24H25IN4O. The Kier molecular flexibility index (Phi) is 6.62. The van der Waals surface area contributed by atoms with E-state index in [0.717, 1.165) is 42.0 Å². The standard InChI is InChI=1S/C24H25IN4O/c1-17-5-2-3-7-21(17)22-12-13-23(28-27-22)29-14-4-6-19(16-29)24(30)26-15-18-8-10-20(25)11-9-18/h2-3,5,7-13,19H,4,6,14-16H2,1H3,(H,26,30). The molecular weight excluding hydrogens is 487 g/mol. The van der Waals surface area contributed by atoms with Crippen molar-refractivity contribution in [1.29, 1.82) is 0 Å². The van der Waals surface area contributed by atoms with Gasteiger partial charge < -0.3 is 10.2 Å². The highest BCUT2D eigenvalue weighted by molar-refractivity contribution is 14.1. The average molecular weight is 512 g/mol. The number of rotatable bonds is 5. The van der Waals surface area contributed by atoms with Gasteiger partial charge in [-0.1, -0.05) is 36.4 Å². The third-order valence-corrected chi connectivity index (χ3v) is 6.29. The van der Waals surface area contributed by atoms with Crippen molar-refractivity contribution in [2.24, 2.45) is 5.92 Å². The zero-order chi connectivity index (χ0) is 20.9. The van der Waals surface area contributed by atoms with Crippen LogP contribution in [0, 0.1) is 16.4 Å². The molecule has 1 aromatic heterocycles. The lowest BCUT2D eigenvalue weighted by Gasteiger charge is -2.32. The van der Waals surface area contributed by atoms with E-state index in [2.05, 4.69) is 86.3 Å². The summed E-state index contributed by atoms with van der Waals surface area (Å²) < 4.78 is 1.19. The van der Waals surface area contributed by atoms with E-state index in [9.17, 15) is 4.79 Å². The van der Waals surface area contributed by atoms with Crippen LogP contribution >= 0.6 is 22.6 Å². The zero-order valence-corrected chi connectivity index (χ0v) is 19.2. The van der Waals surface area contributed by atoms with E-state index in [4.69, 9.17) is 0 Å². The largest absolute Gasteiger partial charge is 0.354 e. The van der Waals surface area contributed by atoms with Gasteiger partial charge in [-0.2, -0.15) is 0 Å². The summed E-state index contributed by atoms with van der Waals surface area (Å²) in [6, 6.07) is 20.4. The van der Waals surface area contributed by atoms with Crippen LogP contribution in [0.5, 0.6) is 0 Å². The smallest absolute Gasteiger partial charge is 0.225 e. The highest BCUT2D eigenvalue weighted by Crippen LogP contribution is 2.25. The van der Waals surface area contributed by atoms with Crippen LogP contribution in [0.2, 0.25) is 0 Å². The number of hydrogen-bond donors (Lipinski definition) is 1. The van der Waals surface area contributed by atoms with Gasteiger partial charge in [0, 0.05) is 28.8 Å². The predicted molar refractivity (Wildman–Crippen MR) is 128 cm³/mol. The summed E-state index contributed by atoms with van der Waals surface area (Å²) in [7, 11) is 0. The van der Waals surface area contributed by atoms with E-state index in [1.807, 2.05) is 24.3 Å². The summed E-state index contributed by atoms with van der Waals surface area (Å²) in [6.07, 6.45) is 1.88. The zero-order valence-electron chi connectivity index (χ0n) is 17.0. The van der Waals surface area contributed by atoms with Crippen molar-refractivity contribution in [1.82, 2.24) is 15.5 Å². The molecule has 0 aliphatic carbocycles. The van der Waals surface area contributed by atoms with Crippen molar-refractivity contribution in [2.45, 2.75) is 26.3 Å². The highest BCUT2D eigenvalue weighted by Gasteiger charge is 2.26. The number of halogens is 1. The Morgan fingerprint density at radius 2 is 1.90 bits per heavy atom. The number of hydrogen-bond acceptors (Lipinski definition) is 4. The minimum Gasteiger partial charge on any atom is -0.354 e. The van der Waals surface area contributed by atoms with Crippen molar-refractivity contribution < 1.29 is 4.79 Å². The van der Waals surface area contributed by atoms with Gasteiger partial charge in [-0.15, -0.1) is 10.2 Å². The molecule has 6 heteroatoms. The maximum absolute atomic E-state index is 12.7. The van der Waals surface area contributed by atoms with Gasteiger partial charge in [0.25, 0.3) is 0 Å². The van der Waals surface area contributed by atoms with Crippen LogP contribution < -0.4 is 10.2 Å². The normalized spacial score (nSPS) is 16.3. The van der Waals surface area contributed by atoms with Gasteiger partial charge >= 0.3 is 0 Å². The summed E-state index contributed by atoms with van der Waals surface area (Å²) in [5, 5.41) is 12.0. The van der Waals surface area contributed by atoms with Gasteiger partial charge in [0.1, 0.15) is 0 Å². The van der Waals surface area contributed by atoms with Crippen molar-refractivity contribution in [3.05, 3.63) is 75.4 Å². The maximum Gasteiger partial charge on any atom is 0.225 e. The van der Waals surface area contributed by atoms with E-state index >= 15 is 0 Å². The molecule has 1 atom stereocenters. The number of nitrogens with zero attached hydrogens (tertiary/aromatic N) is 3. The van der Waals surface area contributed by atoms with Gasteiger partial charge in [0.2, 0.25) is 5.91 Å². The van der Waals surface area contributed by atoms with Crippen molar-refractivity contribution in [3.63, 3.8) is 0 Å². The molecule has 1 fully saturated rings. The van der Waals surface area contributed by atoms with Crippen molar-refractivity contribution in [3.8, 4) is 11.3 Å². The number of aryl methyl sites for hydroxylation is 1. The second kappa shape index (κ2) is 9.55. The van der Waals surface area contributed by atoms with E-state index in [0.29, 0.717) is 13.1 Å². The Labute approximate surface area is 191 Å². The second-order valence-electron chi connectivity index (χ2n) is 7.72. The number of anilines is 1. The Morgan fingerprint density at radius 1 is 1.10 bits per heavy atom. The average Bonchev–Trinajstić information content (AvgIpc) is 2.79. The quantitative estimate of drug-likeness (QED) is 0.509. The van der Waals surface area contributed by atoms with Crippen LogP contribution in [-0.2, 0) is 11.3 Å². The fraction of sp³-hybridized carbons (Fsp3) is 0.292. The minimum absolute atomic E-state index is 0.0274. The van der Waals surface area contributed by atoms with Crippen LogP contribution in [0.4, 0.5) is 5.82 Å². The first-order valence-electron chi connectivity index (χ1n) is 10.3. The summed E-state index contributed by atoms with van der Waals surface area (Å²) in [4.78, 5) is 14.9. The number of amides is 1. The molecule has 0 spiro atoms. The molecule has 1 amide bonds. The third-order valence-electron chi connectivity index (χ3n) is 5.57. The number of nitrogens with one attached hydrogen (secondary N) is 1. The van der Waals surface area contributed by atoms with E-state index < -0.39 is 0 Å². The lowest BCUT2D eigenvalue weighted by atomic mass is 9.97. The number of aromatic nitrogens is 2. The fourth-order valence-electron chi connectivity index (χ4n) is 3.83. The summed E-state index contributed by atoms with van der Waals surface area (Å²) in [5.41, 5.74) is 4.28. The molecule has 3 aromatic rings. The molecule has 1 aliphatic heterocycles. The number of carbonyl (C=O) groups excluding carboxylic acids is 1. The molecule has 2 aromatic carbocycles. The molecule has 1 aliphatic rings. The summed E-state index contributed by atoms with van der Waals surface area (Å²) in [5.74, 6) is 0.922. The Bertz CT molecular complexity index is 1000. The van der Waals surface area contributed by atoms with Gasteiger partial charge in [-0.3, -0.25) is 4.79 Å². The molecule has 30 heavy (non-hydrogen) atoms. The summed E-state index contributed by atoms with van der Waals surface area (Å²) >= 11 is 2.28. The number of piperidine rings is 1. The Balaban J connectivity index is 1.38. The van der Waals surface area contributed by atoms with Crippen molar-refractivity contribution >= 4 is 34.3 Å². The van der Waals surface area contributed by atoms with Crippen LogP contribution in [0.1, 0.15) is 24.0 Å². The van der Waals surface area contributed by atoms with Crippen molar-refractivity contribution in [2.75, 3.05) is 18.0 Å². The first kappa shape index (κ1) is 20.8.